The topological polar surface area (TPSA) is 0 Å². The monoisotopic (exact) mass is 277 g/mol. The van der Waals surface area contributed by atoms with E-state index in [1.165, 1.54) is 33.4 Å². The molecule has 0 bridgehead atoms. The van der Waals surface area contributed by atoms with Crippen LogP contribution in [0.3, 0.4) is 0 Å². The van der Waals surface area contributed by atoms with E-state index in [0.717, 1.165) is 0 Å². The number of hydrogen-bond donors (Lipinski definition) is 0. The molecule has 1 aliphatic carbocycles. The molecule has 0 spiro atoms. The smallest absolute Gasteiger partial charge is 0.0211 e. The average Bonchev–Trinajstić information content (AvgIpc) is 2.73. The van der Waals surface area contributed by atoms with Crippen LogP contribution in [0.2, 0.25) is 0 Å². The van der Waals surface area contributed by atoms with Crippen molar-refractivity contribution in [1.82, 2.24) is 0 Å². The third-order valence-electron chi connectivity index (χ3n) is 4.44. The van der Waals surface area contributed by atoms with Crippen LogP contribution in [0.25, 0.3) is 11.1 Å². The summed E-state index contributed by atoms with van der Waals surface area (Å²) in [7, 11) is 0. The second kappa shape index (κ2) is 4.47. The fraction of sp³-hybridized carbons (Fsp3) is 0.381. The van der Waals surface area contributed by atoms with Crippen molar-refractivity contribution >= 4 is 0 Å². The van der Waals surface area contributed by atoms with E-state index in [0.29, 0.717) is 0 Å². The molecule has 0 N–H and O–H groups in total. The second-order valence-corrected chi connectivity index (χ2v) is 8.25. The molecular formula is C21H25. The molecule has 2 aromatic rings. The van der Waals surface area contributed by atoms with Crippen LogP contribution in [0.4, 0.5) is 0 Å². The van der Waals surface area contributed by atoms with Crippen LogP contribution in [0, 0.1) is 6.42 Å². The first-order chi connectivity index (χ1) is 9.66. The summed E-state index contributed by atoms with van der Waals surface area (Å²) in [5.41, 5.74) is 8.69. The molecule has 0 unspecified atom stereocenters. The van der Waals surface area contributed by atoms with Crippen LogP contribution in [0.1, 0.15) is 63.8 Å². The Morgan fingerprint density at radius 3 is 1.29 bits per heavy atom. The molecule has 0 nitrogen and oxygen atoms in total. The van der Waals surface area contributed by atoms with Gasteiger partial charge in [0.05, 0.1) is 0 Å². The minimum absolute atomic E-state index is 0.194. The Balaban J connectivity index is 2.15. The Morgan fingerprint density at radius 1 is 0.571 bits per heavy atom. The summed E-state index contributed by atoms with van der Waals surface area (Å²) in [4.78, 5) is 0. The highest BCUT2D eigenvalue weighted by atomic mass is 14.3. The zero-order chi connectivity index (χ0) is 15.4. The molecule has 0 heterocycles. The van der Waals surface area contributed by atoms with Crippen LogP contribution in [0.15, 0.2) is 36.4 Å². The van der Waals surface area contributed by atoms with E-state index in [-0.39, 0.29) is 10.8 Å². The molecule has 0 aromatic heterocycles. The largest absolute Gasteiger partial charge is 0.0582 e. The zero-order valence-corrected chi connectivity index (χ0v) is 14.0. The average molecular weight is 277 g/mol. The molecule has 3 rings (SSSR count). The maximum absolute atomic E-state index is 2.38. The molecule has 0 amide bonds. The van der Waals surface area contributed by atoms with Crippen LogP contribution in [-0.4, -0.2) is 0 Å². The predicted octanol–water partition coefficient (Wildman–Crippen LogP) is 5.86. The highest BCUT2D eigenvalue weighted by Crippen LogP contribution is 2.41. The summed E-state index contributed by atoms with van der Waals surface area (Å²) in [6.07, 6.45) is 2.31. The standard InChI is InChI=1S/C21H25/c1-20(2,3)16-9-7-14-11-15-8-10-17(21(4,5)6)13-19(15)18(14)12-16/h7-13H,1-6H3. The maximum atomic E-state index is 2.38. The molecule has 109 valence electrons. The lowest BCUT2D eigenvalue weighted by atomic mass is 9.83. The summed E-state index contributed by atoms with van der Waals surface area (Å²) in [5, 5.41) is 0. The summed E-state index contributed by atoms with van der Waals surface area (Å²) >= 11 is 0. The molecule has 1 aliphatic rings. The van der Waals surface area contributed by atoms with Crippen LogP contribution < -0.4 is 0 Å². The van der Waals surface area contributed by atoms with E-state index in [1.807, 2.05) is 0 Å². The van der Waals surface area contributed by atoms with E-state index in [2.05, 4.69) is 84.4 Å². The van der Waals surface area contributed by atoms with E-state index in [4.69, 9.17) is 0 Å². The first-order valence-electron chi connectivity index (χ1n) is 7.80. The van der Waals surface area contributed by atoms with E-state index >= 15 is 0 Å². The van der Waals surface area contributed by atoms with E-state index < -0.39 is 0 Å². The molecule has 0 heteroatoms. The lowest BCUT2D eigenvalue weighted by Gasteiger charge is -2.21. The van der Waals surface area contributed by atoms with Gasteiger partial charge in [-0.1, -0.05) is 77.9 Å². The number of rotatable bonds is 0. The van der Waals surface area contributed by atoms with Gasteiger partial charge < -0.3 is 0 Å². The van der Waals surface area contributed by atoms with Crippen molar-refractivity contribution in [3.63, 3.8) is 0 Å². The van der Waals surface area contributed by atoms with Gasteiger partial charge in [-0.15, -0.1) is 0 Å². The van der Waals surface area contributed by atoms with Gasteiger partial charge >= 0.3 is 0 Å². The Kier molecular flexibility index (Phi) is 3.06. The molecule has 0 aliphatic heterocycles. The Hall–Kier alpha value is -1.56. The van der Waals surface area contributed by atoms with Gasteiger partial charge in [0.2, 0.25) is 0 Å². The van der Waals surface area contributed by atoms with E-state index in [1.54, 1.807) is 0 Å². The van der Waals surface area contributed by atoms with Gasteiger partial charge in [0, 0.05) is 6.42 Å². The number of fused-ring (bicyclic) bond motifs is 3. The molecule has 0 atom stereocenters. The maximum Gasteiger partial charge on any atom is 0.0211 e. The molecule has 1 radical (unpaired) electrons. The lowest BCUT2D eigenvalue weighted by molar-refractivity contribution is 0.589. The Morgan fingerprint density at radius 2 is 0.952 bits per heavy atom. The van der Waals surface area contributed by atoms with Crippen LogP contribution >= 0.6 is 0 Å². The van der Waals surface area contributed by atoms with Gasteiger partial charge in [-0.05, 0) is 44.2 Å². The molecular weight excluding hydrogens is 252 g/mol. The van der Waals surface area contributed by atoms with Gasteiger partial charge in [-0.25, -0.2) is 0 Å². The highest BCUT2D eigenvalue weighted by molar-refractivity contribution is 5.82. The SMILES string of the molecule is CC(C)(C)c1ccc2c(c1)-c1cc(C(C)(C)C)ccc1[CH]2. The minimum Gasteiger partial charge on any atom is -0.0582 e. The number of benzene rings is 2. The van der Waals surface area contributed by atoms with Crippen LogP contribution in [0.5, 0.6) is 0 Å². The van der Waals surface area contributed by atoms with Crippen molar-refractivity contribution < 1.29 is 0 Å². The van der Waals surface area contributed by atoms with Crippen molar-refractivity contribution in [2.24, 2.45) is 0 Å². The highest BCUT2D eigenvalue weighted by Gasteiger charge is 2.24. The number of hydrogen-bond acceptors (Lipinski definition) is 0. The molecule has 2 aromatic carbocycles. The van der Waals surface area contributed by atoms with Crippen molar-refractivity contribution in [3.8, 4) is 11.1 Å². The third kappa shape index (κ3) is 2.52. The van der Waals surface area contributed by atoms with Crippen molar-refractivity contribution in [2.75, 3.05) is 0 Å². The first-order valence-corrected chi connectivity index (χ1v) is 7.80. The van der Waals surface area contributed by atoms with Crippen molar-refractivity contribution in [2.45, 2.75) is 52.4 Å². The van der Waals surface area contributed by atoms with E-state index in [9.17, 15) is 0 Å². The Bertz CT molecular complexity index is 629. The van der Waals surface area contributed by atoms with Crippen LogP contribution in [-0.2, 0) is 10.8 Å². The molecule has 0 saturated heterocycles. The van der Waals surface area contributed by atoms with Gasteiger partial charge in [0.1, 0.15) is 0 Å². The van der Waals surface area contributed by atoms with Crippen molar-refractivity contribution in [3.05, 3.63) is 65.1 Å². The lowest BCUT2D eigenvalue weighted by Crippen LogP contribution is -2.11. The Labute approximate surface area is 129 Å². The predicted molar refractivity (Wildman–Crippen MR) is 91.8 cm³/mol. The summed E-state index contributed by atoms with van der Waals surface area (Å²) in [6, 6.07) is 13.8. The van der Waals surface area contributed by atoms with Gasteiger partial charge in [-0.2, -0.15) is 0 Å². The normalized spacial score (nSPS) is 14.0. The fourth-order valence-electron chi connectivity index (χ4n) is 2.93. The van der Waals surface area contributed by atoms with Crippen molar-refractivity contribution in [1.29, 1.82) is 0 Å². The summed E-state index contributed by atoms with van der Waals surface area (Å²) in [6.45, 7) is 13.7. The second-order valence-electron chi connectivity index (χ2n) is 8.25. The third-order valence-corrected chi connectivity index (χ3v) is 4.44. The fourth-order valence-corrected chi connectivity index (χ4v) is 2.93. The zero-order valence-electron chi connectivity index (χ0n) is 14.0. The molecule has 21 heavy (non-hydrogen) atoms. The summed E-state index contributed by atoms with van der Waals surface area (Å²) in [5.74, 6) is 0. The van der Waals surface area contributed by atoms with Gasteiger partial charge in [-0.3, -0.25) is 0 Å². The molecule has 0 fully saturated rings. The first kappa shape index (κ1) is 14.4. The quantitative estimate of drug-likeness (QED) is 0.482. The van der Waals surface area contributed by atoms with Gasteiger partial charge in [0.15, 0.2) is 0 Å². The van der Waals surface area contributed by atoms with Gasteiger partial charge in [0.25, 0.3) is 0 Å². The summed E-state index contributed by atoms with van der Waals surface area (Å²) < 4.78 is 0. The molecule has 0 saturated carbocycles. The minimum atomic E-state index is 0.194.